The van der Waals surface area contributed by atoms with Crippen LogP contribution in [0.5, 0.6) is 0 Å². The van der Waals surface area contributed by atoms with Crippen LogP contribution in [-0.4, -0.2) is 10.7 Å². The van der Waals surface area contributed by atoms with E-state index in [2.05, 4.69) is 10.3 Å². The number of hydrogen-bond donors (Lipinski definition) is 3. The molecule has 0 amide bonds. The lowest BCUT2D eigenvalue weighted by molar-refractivity contribution is 0.586. The Balaban J connectivity index is 2.29. The maximum Gasteiger partial charge on any atom is 0.149 e. The van der Waals surface area contributed by atoms with Crippen molar-refractivity contribution in [2.75, 3.05) is 11.1 Å². The number of nitrogen functional groups attached to an aromatic ring is 1. The van der Waals surface area contributed by atoms with Gasteiger partial charge in [0.25, 0.3) is 0 Å². The molecule has 0 saturated heterocycles. The molecule has 0 fully saturated rings. The molecule has 6 heteroatoms. The van der Waals surface area contributed by atoms with Gasteiger partial charge in [-0.1, -0.05) is 0 Å². The SMILES string of the molecule is CC(=N)c1ccc(Nc2ccc(F)cc2F)nc1N. The molecule has 0 atom stereocenters. The van der Waals surface area contributed by atoms with Gasteiger partial charge < -0.3 is 16.5 Å². The van der Waals surface area contributed by atoms with Gasteiger partial charge in [-0.05, 0) is 31.2 Å². The van der Waals surface area contributed by atoms with Gasteiger partial charge in [0.1, 0.15) is 23.3 Å². The van der Waals surface area contributed by atoms with Crippen molar-refractivity contribution >= 4 is 23.0 Å². The van der Waals surface area contributed by atoms with E-state index in [0.717, 1.165) is 12.1 Å². The minimum Gasteiger partial charge on any atom is -0.383 e. The molecule has 4 N–H and O–H groups in total. The zero-order valence-electron chi connectivity index (χ0n) is 10.2. The van der Waals surface area contributed by atoms with E-state index in [1.165, 1.54) is 6.07 Å². The first kappa shape index (κ1) is 12.9. The standard InChI is InChI=1S/C13H12F2N4/c1-7(16)9-3-5-12(19-13(9)17)18-11-4-2-8(14)6-10(11)15/h2-6,16H,1H3,(H3,17,18,19). The maximum atomic E-state index is 13.4. The van der Waals surface area contributed by atoms with Crippen LogP contribution in [0.25, 0.3) is 0 Å². The largest absolute Gasteiger partial charge is 0.383 e. The van der Waals surface area contributed by atoms with E-state index in [4.69, 9.17) is 11.1 Å². The van der Waals surface area contributed by atoms with Crippen molar-refractivity contribution < 1.29 is 8.78 Å². The number of nitrogens with zero attached hydrogens (tertiary/aromatic N) is 1. The van der Waals surface area contributed by atoms with Gasteiger partial charge in [0.2, 0.25) is 0 Å². The minimum atomic E-state index is -0.715. The zero-order chi connectivity index (χ0) is 14.0. The molecule has 0 aliphatic rings. The summed E-state index contributed by atoms with van der Waals surface area (Å²) in [6.07, 6.45) is 0. The molecule has 0 aliphatic carbocycles. The monoisotopic (exact) mass is 262 g/mol. The molecule has 0 aliphatic heterocycles. The second-order valence-electron chi connectivity index (χ2n) is 4.00. The predicted octanol–water partition coefficient (Wildman–Crippen LogP) is 3.07. The summed E-state index contributed by atoms with van der Waals surface area (Å²) in [6, 6.07) is 6.39. The van der Waals surface area contributed by atoms with Crippen LogP contribution in [0.4, 0.5) is 26.1 Å². The first-order valence-corrected chi connectivity index (χ1v) is 5.51. The van der Waals surface area contributed by atoms with E-state index in [-0.39, 0.29) is 11.5 Å². The Morgan fingerprint density at radius 3 is 2.58 bits per heavy atom. The Bertz CT molecular complexity index is 641. The molecule has 1 aromatic heterocycles. The second-order valence-corrected chi connectivity index (χ2v) is 4.00. The van der Waals surface area contributed by atoms with Gasteiger partial charge in [0.05, 0.1) is 5.69 Å². The highest BCUT2D eigenvalue weighted by molar-refractivity contribution is 6.00. The van der Waals surface area contributed by atoms with E-state index < -0.39 is 11.6 Å². The predicted molar refractivity (Wildman–Crippen MR) is 70.8 cm³/mol. The Hall–Kier alpha value is -2.50. The van der Waals surface area contributed by atoms with Gasteiger partial charge in [-0.3, -0.25) is 0 Å². The molecule has 4 nitrogen and oxygen atoms in total. The topological polar surface area (TPSA) is 74.8 Å². The highest BCUT2D eigenvalue weighted by Gasteiger charge is 2.07. The summed E-state index contributed by atoms with van der Waals surface area (Å²) in [5.74, 6) is -0.856. The summed E-state index contributed by atoms with van der Waals surface area (Å²) in [5.41, 5.74) is 6.61. The molecule has 1 aromatic carbocycles. The van der Waals surface area contributed by atoms with E-state index in [1.54, 1.807) is 19.1 Å². The second kappa shape index (κ2) is 5.01. The molecule has 0 unspecified atom stereocenters. The summed E-state index contributed by atoms with van der Waals surface area (Å²) in [6.45, 7) is 1.60. The van der Waals surface area contributed by atoms with Crippen LogP contribution in [0.2, 0.25) is 0 Å². The van der Waals surface area contributed by atoms with Crippen LogP contribution in [0.3, 0.4) is 0 Å². The van der Waals surface area contributed by atoms with Gasteiger partial charge in [-0.2, -0.15) is 0 Å². The number of hydrogen-bond acceptors (Lipinski definition) is 4. The molecular weight excluding hydrogens is 250 g/mol. The number of halogens is 2. The molecule has 98 valence electrons. The van der Waals surface area contributed by atoms with Crippen molar-refractivity contribution in [3.63, 3.8) is 0 Å². The van der Waals surface area contributed by atoms with E-state index in [0.29, 0.717) is 17.1 Å². The fourth-order valence-corrected chi connectivity index (χ4v) is 1.59. The van der Waals surface area contributed by atoms with Gasteiger partial charge in [0, 0.05) is 17.3 Å². The maximum absolute atomic E-state index is 13.4. The Kier molecular flexibility index (Phi) is 3.41. The van der Waals surface area contributed by atoms with Crippen molar-refractivity contribution in [1.82, 2.24) is 4.98 Å². The first-order chi connectivity index (χ1) is 8.97. The van der Waals surface area contributed by atoms with E-state index >= 15 is 0 Å². The summed E-state index contributed by atoms with van der Waals surface area (Å²) in [5, 5.41) is 10.2. The van der Waals surface area contributed by atoms with Gasteiger partial charge in [-0.15, -0.1) is 0 Å². The molecule has 0 saturated carbocycles. The molecule has 0 radical (unpaired) electrons. The Morgan fingerprint density at radius 2 is 2.00 bits per heavy atom. The molecule has 0 bridgehead atoms. The van der Waals surface area contributed by atoms with Gasteiger partial charge in [0.15, 0.2) is 0 Å². The summed E-state index contributed by atoms with van der Waals surface area (Å²) in [4.78, 5) is 4.02. The number of nitrogens with two attached hydrogens (primary N) is 1. The molecule has 2 aromatic rings. The molecule has 0 spiro atoms. The van der Waals surface area contributed by atoms with E-state index in [1.807, 2.05) is 0 Å². The summed E-state index contributed by atoms with van der Waals surface area (Å²) in [7, 11) is 0. The lowest BCUT2D eigenvalue weighted by Gasteiger charge is -2.09. The average molecular weight is 262 g/mol. The summed E-state index contributed by atoms with van der Waals surface area (Å²) >= 11 is 0. The quantitative estimate of drug-likeness (QED) is 0.744. The highest BCUT2D eigenvalue weighted by atomic mass is 19.1. The van der Waals surface area contributed by atoms with Crippen molar-refractivity contribution in [2.45, 2.75) is 6.92 Å². The van der Waals surface area contributed by atoms with Crippen molar-refractivity contribution in [1.29, 1.82) is 5.41 Å². The number of pyridine rings is 1. The third-order valence-electron chi connectivity index (χ3n) is 2.52. The average Bonchev–Trinajstić information content (AvgIpc) is 2.32. The number of anilines is 3. The third-order valence-corrected chi connectivity index (χ3v) is 2.52. The highest BCUT2D eigenvalue weighted by Crippen LogP contribution is 2.21. The normalized spacial score (nSPS) is 10.3. The van der Waals surface area contributed by atoms with Crippen LogP contribution in [-0.2, 0) is 0 Å². The zero-order valence-corrected chi connectivity index (χ0v) is 10.2. The van der Waals surface area contributed by atoms with Crippen LogP contribution < -0.4 is 11.1 Å². The van der Waals surface area contributed by atoms with Crippen LogP contribution in [0, 0.1) is 17.0 Å². The summed E-state index contributed by atoms with van der Waals surface area (Å²) < 4.78 is 26.2. The first-order valence-electron chi connectivity index (χ1n) is 5.51. The van der Waals surface area contributed by atoms with Crippen LogP contribution in [0.1, 0.15) is 12.5 Å². The number of nitrogens with one attached hydrogen (secondary N) is 2. The lowest BCUT2D eigenvalue weighted by atomic mass is 10.2. The Labute approximate surface area is 108 Å². The number of aromatic nitrogens is 1. The van der Waals surface area contributed by atoms with Gasteiger partial charge in [-0.25, -0.2) is 13.8 Å². The van der Waals surface area contributed by atoms with E-state index in [9.17, 15) is 8.78 Å². The van der Waals surface area contributed by atoms with Crippen molar-refractivity contribution in [3.8, 4) is 0 Å². The molecule has 19 heavy (non-hydrogen) atoms. The smallest absolute Gasteiger partial charge is 0.149 e. The number of rotatable bonds is 3. The lowest BCUT2D eigenvalue weighted by Crippen LogP contribution is -2.05. The van der Waals surface area contributed by atoms with Crippen molar-refractivity contribution in [2.24, 2.45) is 0 Å². The van der Waals surface area contributed by atoms with Crippen LogP contribution >= 0.6 is 0 Å². The fraction of sp³-hybridized carbons (Fsp3) is 0.0769. The molecule has 2 rings (SSSR count). The van der Waals surface area contributed by atoms with Crippen molar-refractivity contribution in [3.05, 3.63) is 47.5 Å². The van der Waals surface area contributed by atoms with Crippen LogP contribution in [0.15, 0.2) is 30.3 Å². The van der Waals surface area contributed by atoms with Gasteiger partial charge >= 0.3 is 0 Å². The minimum absolute atomic E-state index is 0.104. The fourth-order valence-electron chi connectivity index (χ4n) is 1.59. The molecule has 1 heterocycles. The Morgan fingerprint density at radius 1 is 1.26 bits per heavy atom. The molecular formula is C13H12F2N4. The number of benzene rings is 1. The third kappa shape index (κ3) is 2.85.